The Labute approximate surface area is 188 Å². The van der Waals surface area contributed by atoms with Gasteiger partial charge in [-0.1, -0.05) is 24.3 Å². The summed E-state index contributed by atoms with van der Waals surface area (Å²) in [7, 11) is 0. The third kappa shape index (κ3) is 4.39. The molecule has 2 amide bonds. The number of nitrogens with one attached hydrogen (secondary N) is 2. The van der Waals surface area contributed by atoms with Crippen molar-refractivity contribution in [3.8, 4) is 0 Å². The van der Waals surface area contributed by atoms with Crippen LogP contribution in [0.5, 0.6) is 0 Å². The largest absolute Gasteiger partial charge is 0.334 e. The highest BCUT2D eigenvalue weighted by Crippen LogP contribution is 2.30. The average Bonchev–Trinajstić information content (AvgIpc) is 3.38. The van der Waals surface area contributed by atoms with Crippen LogP contribution in [0.15, 0.2) is 71.5 Å². The van der Waals surface area contributed by atoms with E-state index in [1.54, 1.807) is 54.3 Å². The average molecular weight is 480 g/mol. The van der Waals surface area contributed by atoms with Gasteiger partial charge in [-0.15, -0.1) is 0 Å². The number of carbonyl (C=O) groups excluding carboxylic acids is 2. The van der Waals surface area contributed by atoms with Crippen LogP contribution in [0.4, 0.5) is 11.4 Å². The molecule has 0 fully saturated rings. The molecule has 2 aromatic heterocycles. The van der Waals surface area contributed by atoms with Crippen molar-refractivity contribution in [1.82, 2.24) is 14.3 Å². The van der Waals surface area contributed by atoms with E-state index in [1.807, 2.05) is 35.8 Å². The molecule has 0 radical (unpaired) electrons. The fraction of sp³-hybridized carbons (Fsp3) is 0.174. The smallest absolute Gasteiger partial charge is 0.248 e. The highest BCUT2D eigenvalue weighted by atomic mass is 79.9. The molecule has 0 saturated heterocycles. The fourth-order valence-corrected chi connectivity index (χ4v) is 4.04. The summed E-state index contributed by atoms with van der Waals surface area (Å²) in [6.07, 6.45) is 3.38. The van der Waals surface area contributed by atoms with E-state index in [1.165, 1.54) is 0 Å². The highest BCUT2D eigenvalue weighted by molar-refractivity contribution is 9.10. The van der Waals surface area contributed by atoms with Crippen LogP contribution in [0, 0.1) is 6.92 Å². The van der Waals surface area contributed by atoms with Crippen molar-refractivity contribution in [2.24, 2.45) is 0 Å². The molecule has 158 valence electrons. The lowest BCUT2D eigenvalue weighted by Gasteiger charge is -2.14. The van der Waals surface area contributed by atoms with Crippen molar-refractivity contribution in [3.63, 3.8) is 0 Å². The number of anilines is 2. The van der Waals surface area contributed by atoms with Crippen LogP contribution < -0.4 is 10.6 Å². The summed E-state index contributed by atoms with van der Waals surface area (Å²) in [6.45, 7) is 3.94. The molecule has 0 aliphatic rings. The number of amides is 2. The van der Waals surface area contributed by atoms with Crippen molar-refractivity contribution in [3.05, 3.63) is 77.2 Å². The van der Waals surface area contributed by atoms with Gasteiger partial charge in [0.15, 0.2) is 0 Å². The zero-order chi connectivity index (χ0) is 22.0. The first-order chi connectivity index (χ1) is 14.9. The number of hydrogen-bond acceptors (Lipinski definition) is 3. The topological polar surface area (TPSA) is 81.0 Å². The molecular weight excluding hydrogens is 458 g/mol. The second kappa shape index (κ2) is 8.77. The summed E-state index contributed by atoms with van der Waals surface area (Å²) in [6, 6.07) is 16.4. The Balaban J connectivity index is 1.45. The van der Waals surface area contributed by atoms with Crippen LogP contribution in [0.25, 0.3) is 10.9 Å². The van der Waals surface area contributed by atoms with E-state index >= 15 is 0 Å². The van der Waals surface area contributed by atoms with Gasteiger partial charge in [-0.3, -0.25) is 14.3 Å². The van der Waals surface area contributed by atoms with E-state index in [0.29, 0.717) is 11.4 Å². The standard InChI is InChI=1S/C23H22BrN5O2/c1-15-22(24)19-9-3-4-10-20(19)28(15)14-21(30)26-17-7-5-8-18(13-17)27-23(31)16(2)29-12-6-11-25-29/h3-13,16H,14H2,1-2H3,(H,26,30)(H,27,31). The Morgan fingerprint density at radius 1 is 1.06 bits per heavy atom. The molecular formula is C23H22BrN5O2. The molecule has 0 aliphatic carbocycles. The maximum atomic E-state index is 12.7. The lowest BCUT2D eigenvalue weighted by molar-refractivity contribution is -0.119. The number of fused-ring (bicyclic) bond motifs is 1. The second-order valence-electron chi connectivity index (χ2n) is 7.28. The molecule has 4 rings (SSSR count). The normalized spacial score (nSPS) is 12.0. The van der Waals surface area contributed by atoms with E-state index in [-0.39, 0.29) is 18.4 Å². The van der Waals surface area contributed by atoms with Crippen molar-refractivity contribution in [2.75, 3.05) is 10.6 Å². The minimum absolute atomic E-state index is 0.148. The fourth-order valence-electron chi connectivity index (χ4n) is 3.49. The Hall–Kier alpha value is -3.39. The molecule has 0 saturated carbocycles. The van der Waals surface area contributed by atoms with Gasteiger partial charge in [0, 0.05) is 44.8 Å². The lowest BCUT2D eigenvalue weighted by atomic mass is 10.2. The van der Waals surface area contributed by atoms with Crippen LogP contribution in [0.1, 0.15) is 18.7 Å². The summed E-state index contributed by atoms with van der Waals surface area (Å²) in [5.74, 6) is -0.337. The van der Waals surface area contributed by atoms with E-state index in [0.717, 1.165) is 21.1 Å². The molecule has 2 aromatic carbocycles. The van der Waals surface area contributed by atoms with E-state index < -0.39 is 6.04 Å². The maximum Gasteiger partial charge on any atom is 0.248 e. The van der Waals surface area contributed by atoms with Gasteiger partial charge < -0.3 is 15.2 Å². The highest BCUT2D eigenvalue weighted by Gasteiger charge is 2.16. The predicted octanol–water partition coefficient (Wildman–Crippen LogP) is 4.75. The Kier molecular flexibility index (Phi) is 5.90. The third-order valence-electron chi connectivity index (χ3n) is 5.17. The quantitative estimate of drug-likeness (QED) is 0.418. The molecule has 0 spiro atoms. The number of para-hydroxylation sites is 1. The summed E-state index contributed by atoms with van der Waals surface area (Å²) < 4.78 is 4.56. The zero-order valence-corrected chi connectivity index (χ0v) is 18.8. The summed E-state index contributed by atoms with van der Waals surface area (Å²) in [5, 5.41) is 11.0. The molecule has 0 aliphatic heterocycles. The minimum Gasteiger partial charge on any atom is -0.334 e. The molecule has 31 heavy (non-hydrogen) atoms. The van der Waals surface area contributed by atoms with Crippen LogP contribution in [-0.2, 0) is 16.1 Å². The van der Waals surface area contributed by atoms with Gasteiger partial charge in [0.05, 0.1) is 0 Å². The molecule has 0 bridgehead atoms. The maximum absolute atomic E-state index is 12.7. The first kappa shape index (κ1) is 20.9. The van der Waals surface area contributed by atoms with Gasteiger partial charge in [0.1, 0.15) is 12.6 Å². The summed E-state index contributed by atoms with van der Waals surface area (Å²) >= 11 is 3.62. The summed E-state index contributed by atoms with van der Waals surface area (Å²) in [5.41, 5.74) is 3.20. The Morgan fingerprint density at radius 2 is 1.81 bits per heavy atom. The van der Waals surface area contributed by atoms with Crippen molar-refractivity contribution in [2.45, 2.75) is 26.4 Å². The predicted molar refractivity (Wildman–Crippen MR) is 125 cm³/mol. The van der Waals surface area contributed by atoms with E-state index in [4.69, 9.17) is 0 Å². The monoisotopic (exact) mass is 479 g/mol. The van der Waals surface area contributed by atoms with Crippen molar-refractivity contribution < 1.29 is 9.59 Å². The molecule has 1 unspecified atom stereocenters. The third-order valence-corrected chi connectivity index (χ3v) is 6.17. The number of carbonyl (C=O) groups is 2. The number of halogens is 1. The Bertz CT molecular complexity index is 1250. The molecule has 8 heteroatoms. The van der Waals surface area contributed by atoms with Crippen LogP contribution in [0.2, 0.25) is 0 Å². The molecule has 7 nitrogen and oxygen atoms in total. The van der Waals surface area contributed by atoms with Gasteiger partial charge in [0.2, 0.25) is 11.8 Å². The minimum atomic E-state index is -0.448. The Morgan fingerprint density at radius 3 is 2.55 bits per heavy atom. The number of rotatable bonds is 6. The molecule has 2 N–H and O–H groups in total. The number of benzene rings is 2. The van der Waals surface area contributed by atoms with Gasteiger partial charge >= 0.3 is 0 Å². The lowest BCUT2D eigenvalue weighted by Crippen LogP contribution is -2.24. The first-order valence-corrected chi connectivity index (χ1v) is 10.7. The summed E-state index contributed by atoms with van der Waals surface area (Å²) in [4.78, 5) is 25.2. The number of nitrogens with zero attached hydrogens (tertiary/aromatic N) is 3. The van der Waals surface area contributed by atoms with E-state index in [9.17, 15) is 9.59 Å². The first-order valence-electron chi connectivity index (χ1n) is 9.87. The van der Waals surface area contributed by atoms with Crippen LogP contribution in [0.3, 0.4) is 0 Å². The van der Waals surface area contributed by atoms with Crippen molar-refractivity contribution in [1.29, 1.82) is 0 Å². The molecule has 4 aromatic rings. The number of aromatic nitrogens is 3. The van der Waals surface area contributed by atoms with Gasteiger partial charge in [-0.05, 0) is 60.1 Å². The van der Waals surface area contributed by atoms with Crippen LogP contribution >= 0.6 is 15.9 Å². The van der Waals surface area contributed by atoms with Crippen molar-refractivity contribution >= 4 is 50.0 Å². The second-order valence-corrected chi connectivity index (χ2v) is 8.08. The van der Waals surface area contributed by atoms with Crippen LogP contribution in [-0.4, -0.2) is 26.2 Å². The van der Waals surface area contributed by atoms with E-state index in [2.05, 4.69) is 31.7 Å². The zero-order valence-electron chi connectivity index (χ0n) is 17.2. The van der Waals surface area contributed by atoms with Gasteiger partial charge in [0.25, 0.3) is 0 Å². The molecule has 2 heterocycles. The number of hydrogen-bond donors (Lipinski definition) is 2. The molecule has 1 atom stereocenters. The van der Waals surface area contributed by atoms with Gasteiger partial charge in [-0.2, -0.15) is 5.10 Å². The SMILES string of the molecule is Cc1c(Br)c2ccccc2n1CC(=O)Nc1cccc(NC(=O)C(C)n2cccn2)c1. The van der Waals surface area contributed by atoms with Gasteiger partial charge in [-0.25, -0.2) is 0 Å².